The van der Waals surface area contributed by atoms with Crippen molar-refractivity contribution in [1.29, 1.82) is 0 Å². The van der Waals surface area contributed by atoms with Crippen LogP contribution in [0, 0.1) is 24.7 Å². The Morgan fingerprint density at radius 2 is 1.53 bits per heavy atom. The molecule has 0 saturated heterocycles. The third-order valence-electron chi connectivity index (χ3n) is 2.89. The third-order valence-corrected chi connectivity index (χ3v) is 2.89. The Balaban J connectivity index is 2.00. The zero-order valence-corrected chi connectivity index (χ0v) is 9.34. The Morgan fingerprint density at radius 1 is 0.867 bits per heavy atom. The Kier molecular flexibility index (Phi) is 3.45. The van der Waals surface area contributed by atoms with Crippen molar-refractivity contribution >= 4 is 0 Å². The van der Waals surface area contributed by atoms with Gasteiger partial charge in [-0.3, -0.25) is 0 Å². The Morgan fingerprint density at radius 3 is 2.20 bits per heavy atom. The van der Waals surface area contributed by atoms with Crippen LogP contribution in [0.3, 0.4) is 0 Å². The molecule has 77 valence electrons. The van der Waals surface area contributed by atoms with E-state index >= 15 is 0 Å². The number of hydrogen-bond acceptors (Lipinski definition) is 0. The van der Waals surface area contributed by atoms with Crippen molar-refractivity contribution in [2.45, 2.75) is 39.0 Å². The van der Waals surface area contributed by atoms with Crippen molar-refractivity contribution in [3.05, 3.63) is 41.3 Å². The monoisotopic (exact) mass is 197 g/mol. The molecule has 0 bridgehead atoms. The number of rotatable bonds is 0. The quantitative estimate of drug-likeness (QED) is 0.554. The average Bonchev–Trinajstić information content (AvgIpc) is 2.30. The van der Waals surface area contributed by atoms with Gasteiger partial charge in [0.2, 0.25) is 0 Å². The summed E-state index contributed by atoms with van der Waals surface area (Å²) < 4.78 is 0. The van der Waals surface area contributed by atoms with Gasteiger partial charge in [-0.25, -0.2) is 0 Å². The Bertz CT molecular complexity index is 355. The summed E-state index contributed by atoms with van der Waals surface area (Å²) in [6.45, 7) is 2.10. The summed E-state index contributed by atoms with van der Waals surface area (Å²) in [5.41, 5.74) is 2.43. The van der Waals surface area contributed by atoms with Crippen LogP contribution in [0.25, 0.3) is 0 Å². The van der Waals surface area contributed by atoms with E-state index < -0.39 is 0 Å². The molecule has 1 saturated carbocycles. The largest absolute Gasteiger partial charge is 0.0895 e. The second-order valence-electron chi connectivity index (χ2n) is 4.28. The summed E-state index contributed by atoms with van der Waals surface area (Å²) >= 11 is 0. The molecule has 1 radical (unpaired) electrons. The minimum atomic E-state index is 1.14. The van der Waals surface area contributed by atoms with Gasteiger partial charge in [0, 0.05) is 11.5 Å². The molecule has 15 heavy (non-hydrogen) atoms. The van der Waals surface area contributed by atoms with Crippen molar-refractivity contribution in [2.75, 3.05) is 0 Å². The molecule has 0 amide bonds. The predicted molar refractivity (Wildman–Crippen MR) is 64.4 cm³/mol. The van der Waals surface area contributed by atoms with E-state index in [-0.39, 0.29) is 0 Å². The highest BCUT2D eigenvalue weighted by Crippen LogP contribution is 2.24. The summed E-state index contributed by atoms with van der Waals surface area (Å²) in [6, 6.07) is 8.45. The molecule has 0 atom stereocenters. The molecule has 0 heteroatoms. The highest BCUT2D eigenvalue weighted by Gasteiger charge is 2.10. The lowest BCUT2D eigenvalue weighted by atomic mass is 9.90. The van der Waals surface area contributed by atoms with Gasteiger partial charge in [0.15, 0.2) is 0 Å². The summed E-state index contributed by atoms with van der Waals surface area (Å²) in [4.78, 5) is 0. The third kappa shape index (κ3) is 3.13. The van der Waals surface area contributed by atoms with Crippen molar-refractivity contribution in [1.82, 2.24) is 0 Å². The van der Waals surface area contributed by atoms with Crippen molar-refractivity contribution in [2.24, 2.45) is 0 Å². The van der Waals surface area contributed by atoms with Crippen LogP contribution < -0.4 is 0 Å². The molecule has 0 aliphatic heterocycles. The first-order valence-electron chi connectivity index (χ1n) is 5.78. The molecular formula is C15H17. The van der Waals surface area contributed by atoms with Gasteiger partial charge in [-0.1, -0.05) is 48.8 Å². The van der Waals surface area contributed by atoms with Crippen LogP contribution in [0.2, 0.25) is 0 Å². The normalized spacial score (nSPS) is 16.9. The van der Waals surface area contributed by atoms with E-state index in [1.165, 1.54) is 43.6 Å². The lowest BCUT2D eigenvalue weighted by Crippen LogP contribution is -2.00. The lowest BCUT2D eigenvalue weighted by Gasteiger charge is -2.14. The van der Waals surface area contributed by atoms with Crippen molar-refractivity contribution in [3.63, 3.8) is 0 Å². The van der Waals surface area contributed by atoms with Crippen molar-refractivity contribution in [3.8, 4) is 11.8 Å². The molecule has 1 aliphatic carbocycles. The molecule has 1 fully saturated rings. The molecule has 0 unspecified atom stereocenters. The molecule has 2 rings (SSSR count). The zero-order valence-electron chi connectivity index (χ0n) is 9.34. The van der Waals surface area contributed by atoms with Crippen LogP contribution in [-0.4, -0.2) is 0 Å². The minimum absolute atomic E-state index is 1.14. The van der Waals surface area contributed by atoms with Crippen LogP contribution in [-0.2, 0) is 0 Å². The van der Waals surface area contributed by atoms with E-state index in [9.17, 15) is 0 Å². The van der Waals surface area contributed by atoms with Crippen LogP contribution in [0.1, 0.15) is 43.2 Å². The first kappa shape index (κ1) is 10.3. The maximum absolute atomic E-state index is 3.32. The van der Waals surface area contributed by atoms with Gasteiger partial charge in [0.25, 0.3) is 0 Å². The first-order valence-corrected chi connectivity index (χ1v) is 5.78. The van der Waals surface area contributed by atoms with Crippen LogP contribution in [0.15, 0.2) is 24.3 Å². The first-order chi connectivity index (χ1) is 7.34. The molecule has 1 aromatic rings. The SMILES string of the molecule is Cc1ccc(C#C[C]2CCCCC2)cc1. The standard InChI is InChI=1S/C15H17/c1-13-7-9-15(10-8-13)12-11-14-5-3-2-4-6-14/h7-10H,2-6H2,1H3. The topological polar surface area (TPSA) is 0 Å². The summed E-state index contributed by atoms with van der Waals surface area (Å²) in [6.07, 6.45) is 6.49. The van der Waals surface area contributed by atoms with E-state index in [0.717, 1.165) is 5.56 Å². The van der Waals surface area contributed by atoms with Crippen LogP contribution >= 0.6 is 0 Å². The number of aryl methyl sites for hydroxylation is 1. The zero-order chi connectivity index (χ0) is 10.5. The molecule has 1 aromatic carbocycles. The minimum Gasteiger partial charge on any atom is -0.0895 e. The van der Waals surface area contributed by atoms with E-state index in [2.05, 4.69) is 43.0 Å². The Labute approximate surface area is 92.7 Å². The smallest absolute Gasteiger partial charge is 0.0483 e. The molecule has 0 spiro atoms. The van der Waals surface area contributed by atoms with E-state index in [1.54, 1.807) is 0 Å². The lowest BCUT2D eigenvalue weighted by molar-refractivity contribution is 0.563. The van der Waals surface area contributed by atoms with Crippen molar-refractivity contribution < 1.29 is 0 Å². The van der Waals surface area contributed by atoms with Gasteiger partial charge in [-0.15, -0.1) is 0 Å². The molecular weight excluding hydrogens is 180 g/mol. The predicted octanol–water partition coefficient (Wildman–Crippen LogP) is 3.89. The molecule has 0 aromatic heterocycles. The summed E-state index contributed by atoms with van der Waals surface area (Å²) in [7, 11) is 0. The maximum Gasteiger partial charge on any atom is 0.0483 e. The summed E-state index contributed by atoms with van der Waals surface area (Å²) in [5.74, 6) is 8.02. The molecule has 1 aliphatic rings. The number of benzene rings is 1. The van der Waals surface area contributed by atoms with Gasteiger partial charge in [0.05, 0.1) is 0 Å². The molecule has 0 nitrogen and oxygen atoms in total. The van der Waals surface area contributed by atoms with E-state index in [1.807, 2.05) is 0 Å². The van der Waals surface area contributed by atoms with E-state index in [0.29, 0.717) is 0 Å². The second-order valence-corrected chi connectivity index (χ2v) is 4.28. The number of hydrogen-bond donors (Lipinski definition) is 0. The highest BCUT2D eigenvalue weighted by atomic mass is 14.1. The fourth-order valence-electron chi connectivity index (χ4n) is 1.90. The average molecular weight is 197 g/mol. The molecule has 0 heterocycles. The molecule has 0 N–H and O–H groups in total. The van der Waals surface area contributed by atoms with Gasteiger partial charge in [-0.05, 0) is 31.9 Å². The fraction of sp³-hybridized carbons (Fsp3) is 0.400. The van der Waals surface area contributed by atoms with Crippen LogP contribution in [0.4, 0.5) is 0 Å². The summed E-state index contributed by atoms with van der Waals surface area (Å²) in [5, 5.41) is 0. The fourth-order valence-corrected chi connectivity index (χ4v) is 1.90. The van der Waals surface area contributed by atoms with Gasteiger partial charge < -0.3 is 0 Å². The van der Waals surface area contributed by atoms with E-state index in [4.69, 9.17) is 0 Å². The van der Waals surface area contributed by atoms with Gasteiger partial charge in [-0.2, -0.15) is 0 Å². The highest BCUT2D eigenvalue weighted by molar-refractivity contribution is 5.39. The van der Waals surface area contributed by atoms with Crippen LogP contribution in [0.5, 0.6) is 0 Å². The maximum atomic E-state index is 3.32. The van der Waals surface area contributed by atoms with Gasteiger partial charge in [0.1, 0.15) is 0 Å². The Hall–Kier alpha value is -1.22. The van der Waals surface area contributed by atoms with Gasteiger partial charge >= 0.3 is 0 Å². The second kappa shape index (κ2) is 5.03.